The number of carbonyl (C=O) groups excluding carboxylic acids is 1. The van der Waals surface area contributed by atoms with Crippen LogP contribution in [0.2, 0.25) is 0 Å². The monoisotopic (exact) mass is 472 g/mol. The van der Waals surface area contributed by atoms with Crippen molar-refractivity contribution in [2.24, 2.45) is 0 Å². The molecule has 0 aliphatic heterocycles. The van der Waals surface area contributed by atoms with E-state index in [0.717, 1.165) is 33.0 Å². The van der Waals surface area contributed by atoms with Gasteiger partial charge in [-0.3, -0.25) is 9.10 Å². The van der Waals surface area contributed by atoms with Crippen molar-refractivity contribution in [3.8, 4) is 0 Å². The lowest BCUT2D eigenvalue weighted by atomic mass is 10.1. The molecule has 0 fully saturated rings. The van der Waals surface area contributed by atoms with E-state index < -0.39 is 10.0 Å². The third kappa shape index (κ3) is 5.13. The summed E-state index contributed by atoms with van der Waals surface area (Å²) in [6.45, 7) is 5.79. The Morgan fingerprint density at radius 3 is 2.21 bits per heavy atom. The van der Waals surface area contributed by atoms with Crippen molar-refractivity contribution in [1.29, 1.82) is 0 Å². The number of benzene rings is 4. The van der Waals surface area contributed by atoms with Crippen molar-refractivity contribution in [3.05, 3.63) is 107 Å². The molecule has 4 aromatic carbocycles. The van der Waals surface area contributed by atoms with Crippen LogP contribution in [-0.2, 0) is 21.4 Å². The minimum atomic E-state index is -3.93. The first kappa shape index (κ1) is 23.5. The van der Waals surface area contributed by atoms with E-state index in [1.165, 1.54) is 4.31 Å². The molecule has 34 heavy (non-hydrogen) atoms. The van der Waals surface area contributed by atoms with Crippen molar-refractivity contribution in [2.75, 3.05) is 10.8 Å². The van der Waals surface area contributed by atoms with Gasteiger partial charge >= 0.3 is 0 Å². The first-order valence-corrected chi connectivity index (χ1v) is 12.6. The summed E-state index contributed by atoms with van der Waals surface area (Å²) in [4.78, 5) is 13.1. The maximum atomic E-state index is 13.5. The van der Waals surface area contributed by atoms with Gasteiger partial charge in [0.05, 0.1) is 10.6 Å². The lowest BCUT2D eigenvalue weighted by molar-refractivity contribution is -0.119. The summed E-state index contributed by atoms with van der Waals surface area (Å²) < 4.78 is 28.3. The first-order chi connectivity index (χ1) is 16.2. The summed E-state index contributed by atoms with van der Waals surface area (Å²) in [5, 5.41) is 5.10. The Kier molecular flexibility index (Phi) is 6.70. The molecule has 0 heterocycles. The van der Waals surface area contributed by atoms with Gasteiger partial charge in [0.25, 0.3) is 10.0 Å². The average Bonchev–Trinajstić information content (AvgIpc) is 2.83. The predicted molar refractivity (Wildman–Crippen MR) is 137 cm³/mol. The van der Waals surface area contributed by atoms with E-state index >= 15 is 0 Å². The summed E-state index contributed by atoms with van der Waals surface area (Å²) in [6.07, 6.45) is 0. The summed E-state index contributed by atoms with van der Waals surface area (Å²) in [5.41, 5.74) is 4.39. The maximum Gasteiger partial charge on any atom is 0.264 e. The predicted octanol–water partition coefficient (Wildman–Crippen LogP) is 5.28. The zero-order chi connectivity index (χ0) is 24.3. The van der Waals surface area contributed by atoms with Gasteiger partial charge in [0.15, 0.2) is 0 Å². The average molecular weight is 473 g/mol. The molecule has 4 rings (SSSR count). The van der Waals surface area contributed by atoms with Crippen LogP contribution >= 0.6 is 0 Å². The van der Waals surface area contributed by atoms with Crippen LogP contribution in [0.15, 0.2) is 89.8 Å². The minimum absolute atomic E-state index is 0.152. The van der Waals surface area contributed by atoms with Gasteiger partial charge in [-0.1, -0.05) is 60.2 Å². The molecule has 0 aliphatic carbocycles. The van der Waals surface area contributed by atoms with Gasteiger partial charge in [-0.05, 0) is 78.6 Å². The van der Waals surface area contributed by atoms with E-state index in [2.05, 4.69) is 5.32 Å². The van der Waals surface area contributed by atoms with E-state index in [1.807, 2.05) is 69.3 Å². The molecule has 5 nitrogen and oxygen atoms in total. The lowest BCUT2D eigenvalue weighted by Gasteiger charge is -2.25. The van der Waals surface area contributed by atoms with Gasteiger partial charge < -0.3 is 5.32 Å². The number of carbonyl (C=O) groups is 1. The summed E-state index contributed by atoms with van der Waals surface area (Å²) >= 11 is 0. The highest BCUT2D eigenvalue weighted by atomic mass is 32.2. The molecular weight excluding hydrogens is 444 g/mol. The van der Waals surface area contributed by atoms with E-state index in [9.17, 15) is 13.2 Å². The van der Waals surface area contributed by atoms with E-state index in [-0.39, 0.29) is 17.3 Å². The zero-order valence-electron chi connectivity index (χ0n) is 19.6. The number of sulfonamides is 1. The van der Waals surface area contributed by atoms with Crippen LogP contribution in [0.5, 0.6) is 0 Å². The van der Waals surface area contributed by atoms with Crippen molar-refractivity contribution < 1.29 is 13.2 Å². The fraction of sp³-hybridized carbons (Fsp3) is 0.179. The Labute approximate surface area is 201 Å². The van der Waals surface area contributed by atoms with Gasteiger partial charge in [-0.2, -0.15) is 0 Å². The molecule has 0 saturated heterocycles. The molecule has 4 aromatic rings. The van der Waals surface area contributed by atoms with E-state index in [0.29, 0.717) is 12.2 Å². The molecule has 0 saturated carbocycles. The largest absolute Gasteiger partial charge is 0.350 e. The fourth-order valence-corrected chi connectivity index (χ4v) is 5.18. The molecule has 0 spiro atoms. The standard InChI is InChI=1S/C28H28N2O3S/c1-20-8-14-27(15-9-20)34(32,33)30(26-13-10-21(2)22(3)16-26)19-28(31)29-18-23-11-12-24-6-4-5-7-25(24)17-23/h4-17H,18-19H2,1-3H3,(H,29,31). The Morgan fingerprint density at radius 1 is 0.794 bits per heavy atom. The number of nitrogens with zero attached hydrogens (tertiary/aromatic N) is 1. The molecule has 0 unspecified atom stereocenters. The Morgan fingerprint density at radius 2 is 1.50 bits per heavy atom. The molecule has 0 bridgehead atoms. The van der Waals surface area contributed by atoms with E-state index in [1.54, 1.807) is 36.4 Å². The van der Waals surface area contributed by atoms with Crippen molar-refractivity contribution in [1.82, 2.24) is 5.32 Å². The third-order valence-corrected chi connectivity index (χ3v) is 7.77. The normalized spacial score (nSPS) is 11.4. The first-order valence-electron chi connectivity index (χ1n) is 11.1. The number of hydrogen-bond donors (Lipinski definition) is 1. The molecule has 0 radical (unpaired) electrons. The number of rotatable bonds is 7. The van der Waals surface area contributed by atoms with Crippen LogP contribution in [0.1, 0.15) is 22.3 Å². The smallest absolute Gasteiger partial charge is 0.264 e. The van der Waals surface area contributed by atoms with Crippen molar-refractivity contribution >= 4 is 32.4 Å². The highest BCUT2D eigenvalue weighted by Gasteiger charge is 2.27. The van der Waals surface area contributed by atoms with Crippen molar-refractivity contribution in [3.63, 3.8) is 0 Å². The highest BCUT2D eigenvalue weighted by Crippen LogP contribution is 2.26. The number of nitrogens with one attached hydrogen (secondary N) is 1. The molecule has 0 aromatic heterocycles. The lowest BCUT2D eigenvalue weighted by Crippen LogP contribution is -2.40. The number of anilines is 1. The third-order valence-electron chi connectivity index (χ3n) is 5.98. The summed E-state index contributed by atoms with van der Waals surface area (Å²) in [6, 6.07) is 26.1. The molecule has 1 amide bonds. The molecule has 1 N–H and O–H groups in total. The van der Waals surface area contributed by atoms with Crippen LogP contribution < -0.4 is 9.62 Å². The Balaban J connectivity index is 1.58. The van der Waals surface area contributed by atoms with Gasteiger partial charge in [0, 0.05) is 6.54 Å². The maximum absolute atomic E-state index is 13.5. The molecule has 0 aliphatic rings. The van der Waals surface area contributed by atoms with E-state index in [4.69, 9.17) is 0 Å². The quantitative estimate of drug-likeness (QED) is 0.398. The van der Waals surface area contributed by atoms with Crippen LogP contribution in [0.25, 0.3) is 10.8 Å². The fourth-order valence-electron chi connectivity index (χ4n) is 3.77. The molecular formula is C28H28N2O3S. The van der Waals surface area contributed by atoms with Crippen LogP contribution in [0.3, 0.4) is 0 Å². The number of fused-ring (bicyclic) bond motifs is 1. The van der Waals surface area contributed by atoms with Crippen LogP contribution in [0.4, 0.5) is 5.69 Å². The van der Waals surface area contributed by atoms with Gasteiger partial charge in [0.1, 0.15) is 6.54 Å². The van der Waals surface area contributed by atoms with Crippen LogP contribution in [-0.4, -0.2) is 20.9 Å². The van der Waals surface area contributed by atoms with Gasteiger partial charge in [0.2, 0.25) is 5.91 Å². The zero-order valence-corrected chi connectivity index (χ0v) is 20.4. The second-order valence-electron chi connectivity index (χ2n) is 8.55. The molecule has 6 heteroatoms. The second kappa shape index (κ2) is 9.69. The molecule has 0 atom stereocenters. The summed E-state index contributed by atoms with van der Waals surface area (Å²) in [5.74, 6) is -0.373. The second-order valence-corrected chi connectivity index (χ2v) is 10.4. The number of amides is 1. The highest BCUT2D eigenvalue weighted by molar-refractivity contribution is 7.92. The number of aryl methyl sites for hydroxylation is 3. The number of hydrogen-bond acceptors (Lipinski definition) is 3. The van der Waals surface area contributed by atoms with Gasteiger partial charge in [-0.25, -0.2) is 8.42 Å². The van der Waals surface area contributed by atoms with Gasteiger partial charge in [-0.15, -0.1) is 0 Å². The van der Waals surface area contributed by atoms with Crippen LogP contribution in [0, 0.1) is 20.8 Å². The Hall–Kier alpha value is -3.64. The SMILES string of the molecule is Cc1ccc(S(=O)(=O)N(CC(=O)NCc2ccc3ccccc3c2)c2ccc(C)c(C)c2)cc1. The molecule has 174 valence electrons. The Bertz CT molecular complexity index is 1440. The topological polar surface area (TPSA) is 66.5 Å². The van der Waals surface area contributed by atoms with Crippen molar-refractivity contribution in [2.45, 2.75) is 32.2 Å². The summed E-state index contributed by atoms with van der Waals surface area (Å²) in [7, 11) is -3.93. The minimum Gasteiger partial charge on any atom is -0.350 e.